The van der Waals surface area contributed by atoms with Crippen LogP contribution in [0.25, 0.3) is 0 Å². The Balaban J connectivity index is 1.50. The molecule has 1 saturated heterocycles. The molecule has 0 aromatic heterocycles. The van der Waals surface area contributed by atoms with Crippen LogP contribution in [-0.4, -0.2) is 24.5 Å². The van der Waals surface area contributed by atoms with Crippen LogP contribution >= 0.6 is 0 Å². The molecular formula is C20H37N. The van der Waals surface area contributed by atoms with Crippen molar-refractivity contribution in [2.45, 2.75) is 85.0 Å². The second-order valence-electron chi connectivity index (χ2n) is 9.25. The third kappa shape index (κ3) is 3.19. The number of hydrogen-bond donors (Lipinski definition) is 0. The van der Waals surface area contributed by atoms with Gasteiger partial charge < -0.3 is 4.90 Å². The quantitative estimate of drug-likeness (QED) is 0.664. The lowest BCUT2D eigenvalue weighted by atomic mass is 9.63. The van der Waals surface area contributed by atoms with Gasteiger partial charge in [-0.05, 0) is 48.5 Å². The van der Waals surface area contributed by atoms with E-state index in [0.29, 0.717) is 10.8 Å². The predicted molar refractivity (Wildman–Crippen MR) is 91.5 cm³/mol. The zero-order valence-corrected chi connectivity index (χ0v) is 14.8. The number of nitrogens with zero attached hydrogens (tertiary/aromatic N) is 1. The summed E-state index contributed by atoms with van der Waals surface area (Å²) in [5.41, 5.74) is 1.15. The molecule has 1 heteroatoms. The molecule has 122 valence electrons. The van der Waals surface area contributed by atoms with Gasteiger partial charge in [-0.2, -0.15) is 0 Å². The smallest absolute Gasteiger partial charge is 0.00407 e. The topological polar surface area (TPSA) is 3.24 Å². The normalized spacial score (nSPS) is 38.1. The molecule has 0 spiro atoms. The molecule has 1 unspecified atom stereocenters. The molecule has 3 rings (SSSR count). The Morgan fingerprint density at radius 3 is 2.24 bits per heavy atom. The van der Waals surface area contributed by atoms with Crippen molar-refractivity contribution >= 4 is 0 Å². The Morgan fingerprint density at radius 1 is 0.905 bits per heavy atom. The van der Waals surface area contributed by atoms with Crippen LogP contribution in [0.15, 0.2) is 0 Å². The first-order valence-corrected chi connectivity index (χ1v) is 9.74. The van der Waals surface area contributed by atoms with Gasteiger partial charge in [0.1, 0.15) is 0 Å². The van der Waals surface area contributed by atoms with Crippen molar-refractivity contribution in [2.75, 3.05) is 19.6 Å². The molecule has 21 heavy (non-hydrogen) atoms. The maximum Gasteiger partial charge on any atom is 0.00407 e. The van der Waals surface area contributed by atoms with Gasteiger partial charge in [-0.25, -0.2) is 0 Å². The Morgan fingerprint density at radius 2 is 1.57 bits per heavy atom. The van der Waals surface area contributed by atoms with Gasteiger partial charge >= 0.3 is 0 Å². The van der Waals surface area contributed by atoms with Crippen LogP contribution in [0.2, 0.25) is 0 Å². The van der Waals surface area contributed by atoms with Crippen molar-refractivity contribution in [3.05, 3.63) is 0 Å². The highest BCUT2D eigenvalue weighted by atomic mass is 15.2. The van der Waals surface area contributed by atoms with Crippen LogP contribution in [0.5, 0.6) is 0 Å². The van der Waals surface area contributed by atoms with E-state index in [1.807, 2.05) is 0 Å². The predicted octanol–water partition coefficient (Wildman–Crippen LogP) is 5.50. The highest BCUT2D eigenvalue weighted by molar-refractivity contribution is 5.05. The molecular weight excluding hydrogens is 254 g/mol. The number of hydrogen-bond acceptors (Lipinski definition) is 1. The van der Waals surface area contributed by atoms with Gasteiger partial charge in [-0.1, -0.05) is 65.7 Å². The number of fused-ring (bicyclic) bond motifs is 2. The Labute approximate surface area is 132 Å². The Hall–Kier alpha value is -0.0400. The molecule has 0 aromatic carbocycles. The van der Waals surface area contributed by atoms with Gasteiger partial charge in [-0.15, -0.1) is 0 Å². The maximum absolute atomic E-state index is 2.84. The van der Waals surface area contributed by atoms with E-state index in [1.165, 1.54) is 83.8 Å². The summed E-state index contributed by atoms with van der Waals surface area (Å²) >= 11 is 0. The minimum absolute atomic E-state index is 0.573. The Kier molecular flexibility index (Phi) is 4.69. The van der Waals surface area contributed by atoms with Gasteiger partial charge in [0, 0.05) is 13.1 Å². The van der Waals surface area contributed by atoms with Crippen molar-refractivity contribution in [1.82, 2.24) is 4.90 Å². The van der Waals surface area contributed by atoms with Crippen LogP contribution in [0.1, 0.15) is 85.0 Å². The van der Waals surface area contributed by atoms with Crippen LogP contribution in [-0.2, 0) is 0 Å². The standard InChI is InChI=1S/C20H37N/c1-19(2)18-11-13-20(19,3)16-21(15-18)14-12-17-9-7-5-4-6-8-10-17/h17-18H,4-16H2,1-3H3/t18?,20-/m1/s1. The number of piperidine rings is 1. The molecule has 2 saturated carbocycles. The first kappa shape index (κ1) is 15.8. The largest absolute Gasteiger partial charge is 0.302 e. The van der Waals surface area contributed by atoms with Crippen LogP contribution in [0.4, 0.5) is 0 Å². The SMILES string of the molecule is CC1(C)C2CC[C@]1(C)CN(CCC1CCCCCCC1)C2. The zero-order valence-electron chi connectivity index (χ0n) is 14.8. The van der Waals surface area contributed by atoms with E-state index in [2.05, 4.69) is 25.7 Å². The second-order valence-corrected chi connectivity index (χ2v) is 9.25. The van der Waals surface area contributed by atoms with Crippen molar-refractivity contribution in [3.63, 3.8) is 0 Å². The van der Waals surface area contributed by atoms with Crippen molar-refractivity contribution in [2.24, 2.45) is 22.7 Å². The van der Waals surface area contributed by atoms with Gasteiger partial charge in [0.05, 0.1) is 0 Å². The fraction of sp³-hybridized carbons (Fsp3) is 1.00. The van der Waals surface area contributed by atoms with E-state index < -0.39 is 0 Å². The summed E-state index contributed by atoms with van der Waals surface area (Å²) in [6.07, 6.45) is 14.9. The molecule has 3 aliphatic rings. The molecule has 0 radical (unpaired) electrons. The lowest BCUT2D eigenvalue weighted by molar-refractivity contribution is -0.0196. The van der Waals surface area contributed by atoms with Crippen LogP contribution < -0.4 is 0 Å². The third-order valence-corrected chi connectivity index (χ3v) is 7.75. The molecule has 1 nitrogen and oxygen atoms in total. The minimum Gasteiger partial charge on any atom is -0.302 e. The second kappa shape index (κ2) is 6.22. The van der Waals surface area contributed by atoms with E-state index in [1.54, 1.807) is 0 Å². The summed E-state index contributed by atoms with van der Waals surface area (Å²) in [5.74, 6) is 1.99. The number of rotatable bonds is 3. The average molecular weight is 292 g/mol. The van der Waals surface area contributed by atoms with E-state index in [4.69, 9.17) is 0 Å². The highest BCUT2D eigenvalue weighted by Gasteiger charge is 2.55. The fourth-order valence-corrected chi connectivity index (χ4v) is 5.51. The van der Waals surface area contributed by atoms with E-state index >= 15 is 0 Å². The molecule has 0 amide bonds. The molecule has 0 N–H and O–H groups in total. The van der Waals surface area contributed by atoms with Gasteiger partial charge in [0.25, 0.3) is 0 Å². The molecule has 2 aliphatic carbocycles. The average Bonchev–Trinajstić information content (AvgIpc) is 2.55. The molecule has 0 aromatic rings. The van der Waals surface area contributed by atoms with Crippen LogP contribution in [0, 0.1) is 22.7 Å². The highest BCUT2D eigenvalue weighted by Crippen LogP contribution is 2.58. The van der Waals surface area contributed by atoms with Crippen molar-refractivity contribution in [3.8, 4) is 0 Å². The number of likely N-dealkylation sites (tertiary alicyclic amines) is 1. The fourth-order valence-electron chi connectivity index (χ4n) is 5.51. The minimum atomic E-state index is 0.573. The zero-order chi connectivity index (χ0) is 14.9. The lowest BCUT2D eigenvalue weighted by Crippen LogP contribution is -2.52. The summed E-state index contributed by atoms with van der Waals surface area (Å²) in [6.45, 7) is 11.8. The first-order valence-electron chi connectivity index (χ1n) is 9.74. The summed E-state index contributed by atoms with van der Waals surface area (Å²) in [5, 5.41) is 0. The van der Waals surface area contributed by atoms with Gasteiger partial charge in [-0.3, -0.25) is 0 Å². The first-order chi connectivity index (χ1) is 10.0. The lowest BCUT2D eigenvalue weighted by Gasteiger charge is -2.50. The van der Waals surface area contributed by atoms with E-state index in [-0.39, 0.29) is 0 Å². The molecule has 2 atom stereocenters. The van der Waals surface area contributed by atoms with Gasteiger partial charge in [0.2, 0.25) is 0 Å². The van der Waals surface area contributed by atoms with E-state index in [0.717, 1.165) is 11.8 Å². The summed E-state index contributed by atoms with van der Waals surface area (Å²) in [4.78, 5) is 2.84. The maximum atomic E-state index is 2.84. The summed E-state index contributed by atoms with van der Waals surface area (Å²) in [6, 6.07) is 0. The molecule has 2 bridgehead atoms. The molecule has 3 fully saturated rings. The molecule has 1 heterocycles. The molecule has 1 aliphatic heterocycles. The summed E-state index contributed by atoms with van der Waals surface area (Å²) in [7, 11) is 0. The van der Waals surface area contributed by atoms with Crippen molar-refractivity contribution < 1.29 is 0 Å². The van der Waals surface area contributed by atoms with E-state index in [9.17, 15) is 0 Å². The Bertz CT molecular complexity index is 340. The monoisotopic (exact) mass is 291 g/mol. The third-order valence-electron chi connectivity index (χ3n) is 7.75. The van der Waals surface area contributed by atoms with Crippen LogP contribution in [0.3, 0.4) is 0 Å². The van der Waals surface area contributed by atoms with Crippen molar-refractivity contribution in [1.29, 1.82) is 0 Å². The summed E-state index contributed by atoms with van der Waals surface area (Å²) < 4.78 is 0. The van der Waals surface area contributed by atoms with Gasteiger partial charge in [0.15, 0.2) is 0 Å².